The third kappa shape index (κ3) is 1.65. The molecule has 1 unspecified atom stereocenters. The van der Waals surface area contributed by atoms with Crippen molar-refractivity contribution in [2.24, 2.45) is 0 Å². The van der Waals surface area contributed by atoms with Gasteiger partial charge in [-0.2, -0.15) is 0 Å². The van der Waals surface area contributed by atoms with Gasteiger partial charge in [-0.25, -0.2) is 8.42 Å². The van der Waals surface area contributed by atoms with Crippen LogP contribution in [0, 0.1) is 0 Å². The number of benzene rings is 1. The normalized spacial score (nSPS) is 22.8. The second-order valence-corrected chi connectivity index (χ2v) is 6.96. The Morgan fingerprint density at radius 3 is 2.76 bits per heavy atom. The molecule has 3 heterocycles. The van der Waals surface area contributed by atoms with E-state index in [2.05, 4.69) is 0 Å². The van der Waals surface area contributed by atoms with Crippen molar-refractivity contribution in [1.29, 1.82) is 0 Å². The minimum atomic E-state index is -3.70. The maximum absolute atomic E-state index is 11.7. The topological polar surface area (TPSA) is 54.5 Å². The van der Waals surface area contributed by atoms with Gasteiger partial charge >= 0.3 is 0 Å². The number of amides is 1. The summed E-state index contributed by atoms with van der Waals surface area (Å²) in [5.74, 6) is 0.260. The molecule has 3 aliphatic rings. The second kappa shape index (κ2) is 3.46. The van der Waals surface area contributed by atoms with Gasteiger partial charge in [0.2, 0.25) is 5.91 Å². The fraction of sp³-hybridized carbons (Fsp3) is 0.364. The van der Waals surface area contributed by atoms with Gasteiger partial charge in [-0.3, -0.25) is 4.79 Å². The Morgan fingerprint density at radius 2 is 2.12 bits per heavy atom. The van der Waals surface area contributed by atoms with Crippen molar-refractivity contribution in [3.8, 4) is 0 Å². The quantitative estimate of drug-likeness (QED) is 0.733. The summed E-state index contributed by atoms with van der Waals surface area (Å²) in [5.41, 5.74) is 1.76. The number of hydrogen-bond donors (Lipinski definition) is 0. The van der Waals surface area contributed by atoms with Crippen molar-refractivity contribution < 1.29 is 13.2 Å². The van der Waals surface area contributed by atoms with Crippen LogP contribution in [0.5, 0.6) is 0 Å². The number of fused-ring (bicyclic) bond motifs is 2. The molecule has 0 radical (unpaired) electrons. The second-order valence-electron chi connectivity index (χ2n) is 4.39. The zero-order chi connectivity index (χ0) is 12.2. The predicted molar refractivity (Wildman–Crippen MR) is 63.8 cm³/mol. The summed E-state index contributed by atoms with van der Waals surface area (Å²) in [6.07, 6.45) is 1.36. The summed E-state index contributed by atoms with van der Waals surface area (Å²) >= 11 is 0. The largest absolute Gasteiger partial charge is 0.312 e. The molecule has 4 nitrogen and oxygen atoms in total. The zero-order valence-electron chi connectivity index (χ0n) is 8.89. The molecular weight excluding hydrogens is 262 g/mol. The number of hydrogen-bond acceptors (Lipinski definition) is 3. The number of rotatable bonds is 1. The molecule has 1 aromatic carbocycles. The van der Waals surface area contributed by atoms with E-state index < -0.39 is 9.05 Å². The molecule has 0 saturated carbocycles. The molecule has 90 valence electrons. The van der Waals surface area contributed by atoms with E-state index in [1.165, 1.54) is 6.07 Å². The molecule has 1 aromatic rings. The lowest BCUT2D eigenvalue weighted by Crippen LogP contribution is -2.43. The van der Waals surface area contributed by atoms with Gasteiger partial charge in [-0.1, -0.05) is 0 Å². The fourth-order valence-corrected chi connectivity index (χ4v) is 3.40. The van der Waals surface area contributed by atoms with E-state index >= 15 is 0 Å². The van der Waals surface area contributed by atoms with Gasteiger partial charge < -0.3 is 4.90 Å². The Hall–Kier alpha value is -1.07. The molecule has 17 heavy (non-hydrogen) atoms. The van der Waals surface area contributed by atoms with Gasteiger partial charge in [0.25, 0.3) is 9.05 Å². The smallest absolute Gasteiger partial charge is 0.261 e. The van der Waals surface area contributed by atoms with Gasteiger partial charge in [0, 0.05) is 29.3 Å². The Labute approximate surface area is 104 Å². The molecule has 1 amide bonds. The van der Waals surface area contributed by atoms with Crippen LogP contribution in [0.3, 0.4) is 0 Å². The van der Waals surface area contributed by atoms with Crippen LogP contribution in [0.25, 0.3) is 0 Å². The molecule has 0 aromatic heterocycles. The van der Waals surface area contributed by atoms with E-state index in [9.17, 15) is 13.2 Å². The summed E-state index contributed by atoms with van der Waals surface area (Å²) in [6, 6.07) is 4.73. The third-order valence-electron chi connectivity index (χ3n) is 3.43. The highest BCUT2D eigenvalue weighted by atomic mass is 35.7. The van der Waals surface area contributed by atoms with Crippen LogP contribution in [-0.4, -0.2) is 20.9 Å². The van der Waals surface area contributed by atoms with Crippen LogP contribution in [0.15, 0.2) is 23.1 Å². The SMILES string of the molecule is O=C1CC2CCN1c1ccc(S(=O)(=O)Cl)cc12. The fourth-order valence-electron chi connectivity index (χ4n) is 2.61. The molecule has 6 heteroatoms. The molecule has 0 N–H and O–H groups in total. The summed E-state index contributed by atoms with van der Waals surface area (Å²) in [4.78, 5) is 13.5. The minimum absolute atomic E-state index is 0.110. The van der Waals surface area contributed by atoms with Crippen molar-refractivity contribution in [2.75, 3.05) is 11.4 Å². The third-order valence-corrected chi connectivity index (χ3v) is 4.79. The van der Waals surface area contributed by atoms with E-state index in [0.717, 1.165) is 24.2 Å². The van der Waals surface area contributed by atoms with E-state index in [4.69, 9.17) is 10.7 Å². The first-order valence-electron chi connectivity index (χ1n) is 5.36. The predicted octanol–water partition coefficient (Wildman–Crippen LogP) is 1.84. The first-order chi connectivity index (χ1) is 7.97. The molecule has 1 saturated heterocycles. The highest BCUT2D eigenvalue weighted by Gasteiger charge is 2.36. The Kier molecular flexibility index (Phi) is 2.25. The van der Waals surface area contributed by atoms with Gasteiger partial charge in [-0.05, 0) is 36.1 Å². The average Bonchev–Trinajstić information content (AvgIpc) is 2.28. The highest BCUT2D eigenvalue weighted by Crippen LogP contribution is 2.43. The molecule has 2 bridgehead atoms. The number of anilines is 1. The van der Waals surface area contributed by atoms with Crippen molar-refractivity contribution in [1.82, 2.24) is 0 Å². The average molecular weight is 272 g/mol. The summed E-state index contributed by atoms with van der Waals surface area (Å²) < 4.78 is 22.5. The zero-order valence-corrected chi connectivity index (χ0v) is 10.5. The van der Waals surface area contributed by atoms with Crippen LogP contribution < -0.4 is 4.90 Å². The van der Waals surface area contributed by atoms with Crippen LogP contribution in [0.1, 0.15) is 24.3 Å². The van der Waals surface area contributed by atoms with Crippen molar-refractivity contribution in [3.05, 3.63) is 23.8 Å². The van der Waals surface area contributed by atoms with Gasteiger partial charge in [0.1, 0.15) is 0 Å². The summed E-state index contributed by atoms with van der Waals surface area (Å²) in [6.45, 7) is 0.726. The lowest BCUT2D eigenvalue weighted by Gasteiger charge is -2.40. The molecule has 3 aliphatic heterocycles. The minimum Gasteiger partial charge on any atom is -0.312 e. The maximum atomic E-state index is 11.7. The van der Waals surface area contributed by atoms with Crippen molar-refractivity contribution >= 4 is 31.3 Å². The molecule has 1 fully saturated rings. The Balaban J connectivity index is 2.18. The summed E-state index contributed by atoms with van der Waals surface area (Å²) in [5, 5.41) is 0. The monoisotopic (exact) mass is 271 g/mol. The first kappa shape index (κ1) is 11.0. The molecule has 4 rings (SSSR count). The van der Waals surface area contributed by atoms with Crippen molar-refractivity contribution in [2.45, 2.75) is 23.7 Å². The molecule has 1 atom stereocenters. The van der Waals surface area contributed by atoms with E-state index in [0.29, 0.717) is 6.42 Å². The van der Waals surface area contributed by atoms with Crippen LogP contribution in [0.2, 0.25) is 0 Å². The maximum Gasteiger partial charge on any atom is 0.261 e. The number of carbonyl (C=O) groups is 1. The summed E-state index contributed by atoms with van der Waals surface area (Å²) in [7, 11) is 1.63. The number of halogens is 1. The number of carbonyl (C=O) groups excluding carboxylic acids is 1. The van der Waals surface area contributed by atoms with E-state index in [1.54, 1.807) is 17.0 Å². The number of piperidine rings is 1. The van der Waals surface area contributed by atoms with E-state index in [1.807, 2.05) is 0 Å². The highest BCUT2D eigenvalue weighted by molar-refractivity contribution is 8.13. The Bertz CT molecular complexity index is 611. The van der Waals surface area contributed by atoms with Crippen molar-refractivity contribution in [3.63, 3.8) is 0 Å². The molecular formula is C11H10ClNO3S. The van der Waals surface area contributed by atoms with Gasteiger partial charge in [0.15, 0.2) is 0 Å². The van der Waals surface area contributed by atoms with E-state index in [-0.39, 0.29) is 16.7 Å². The van der Waals surface area contributed by atoms with Gasteiger partial charge in [-0.15, -0.1) is 0 Å². The van der Waals surface area contributed by atoms with Crippen LogP contribution in [0.4, 0.5) is 5.69 Å². The van der Waals surface area contributed by atoms with Crippen LogP contribution >= 0.6 is 10.7 Å². The number of nitrogens with zero attached hydrogens (tertiary/aromatic N) is 1. The molecule has 0 aliphatic carbocycles. The lowest BCUT2D eigenvalue weighted by molar-refractivity contribution is -0.120. The standard InChI is InChI=1S/C11H10ClNO3S/c12-17(15,16)8-1-2-10-9(6-8)7-3-4-13(10)11(14)5-7/h1-2,6-7H,3-5H2. The Morgan fingerprint density at radius 1 is 1.35 bits per heavy atom. The first-order valence-corrected chi connectivity index (χ1v) is 7.67. The molecule has 0 spiro atoms. The lowest BCUT2D eigenvalue weighted by atomic mass is 9.83. The van der Waals surface area contributed by atoms with Crippen LogP contribution in [-0.2, 0) is 13.8 Å². The van der Waals surface area contributed by atoms with Gasteiger partial charge in [0.05, 0.1) is 4.90 Å².